The van der Waals surface area contributed by atoms with Gasteiger partial charge in [-0.1, -0.05) is 47.9 Å². The lowest BCUT2D eigenvalue weighted by Gasteiger charge is -2.18. The molecule has 5 heteroatoms. The van der Waals surface area contributed by atoms with E-state index >= 15 is 0 Å². The Morgan fingerprint density at radius 1 is 1.04 bits per heavy atom. The molecule has 4 nitrogen and oxygen atoms in total. The highest BCUT2D eigenvalue weighted by molar-refractivity contribution is 6.30. The maximum Gasteiger partial charge on any atom is 0.251 e. The molecule has 0 heterocycles. The van der Waals surface area contributed by atoms with Crippen LogP contribution in [0.1, 0.15) is 46.4 Å². The van der Waals surface area contributed by atoms with Crippen LogP contribution >= 0.6 is 11.6 Å². The second-order valence-corrected chi connectivity index (χ2v) is 6.58. The van der Waals surface area contributed by atoms with Gasteiger partial charge in [0, 0.05) is 10.6 Å². The minimum atomic E-state index is -0.249. The molecule has 0 bridgehead atoms. The maximum atomic E-state index is 12.2. The van der Waals surface area contributed by atoms with Crippen LogP contribution in [0.2, 0.25) is 5.02 Å². The molecule has 0 spiro atoms. The van der Waals surface area contributed by atoms with Gasteiger partial charge < -0.3 is 10.6 Å². The molecule has 1 unspecified atom stereocenters. The Kier molecular flexibility index (Phi) is 6.59. The molecule has 0 aliphatic heterocycles. The third-order valence-corrected chi connectivity index (χ3v) is 4.16. The monoisotopic (exact) mass is 358 g/mol. The summed E-state index contributed by atoms with van der Waals surface area (Å²) in [4.78, 5) is 24.4. The van der Waals surface area contributed by atoms with E-state index in [1.807, 2.05) is 51.1 Å². The summed E-state index contributed by atoms with van der Waals surface area (Å²) in [5.41, 5.74) is 3.59. The minimum Gasteiger partial charge on any atom is -0.348 e. The number of carbonyl (C=O) groups is 2. The zero-order valence-corrected chi connectivity index (χ0v) is 15.5. The molecule has 0 radical (unpaired) electrons. The molecule has 132 valence electrons. The van der Waals surface area contributed by atoms with E-state index in [9.17, 15) is 9.59 Å². The third-order valence-electron chi connectivity index (χ3n) is 3.91. The molecule has 25 heavy (non-hydrogen) atoms. The molecule has 2 rings (SSSR count). The standard InChI is InChI=1S/C20H23ClN2O2/c1-4-18(15-5-7-17(21)8-6-15)23-19(24)12-22-20(25)16-10-13(2)9-14(3)11-16/h5-11,18H,4,12H2,1-3H3,(H,22,25)(H,23,24). The normalized spacial score (nSPS) is 11.7. The third kappa shape index (κ3) is 5.61. The SMILES string of the molecule is CCC(NC(=O)CNC(=O)c1cc(C)cc(C)c1)c1ccc(Cl)cc1. The molecule has 2 N–H and O–H groups in total. The smallest absolute Gasteiger partial charge is 0.251 e. The highest BCUT2D eigenvalue weighted by Crippen LogP contribution is 2.19. The largest absolute Gasteiger partial charge is 0.348 e. The number of rotatable bonds is 6. The Labute approximate surface area is 153 Å². The van der Waals surface area contributed by atoms with Crippen LogP contribution in [0.15, 0.2) is 42.5 Å². The van der Waals surface area contributed by atoms with E-state index in [-0.39, 0.29) is 24.4 Å². The summed E-state index contributed by atoms with van der Waals surface area (Å²) >= 11 is 5.90. The molecular formula is C20H23ClN2O2. The van der Waals surface area contributed by atoms with Crippen LogP contribution in [0.4, 0.5) is 0 Å². The Bertz CT molecular complexity index is 737. The Hall–Kier alpha value is -2.33. The fourth-order valence-electron chi connectivity index (χ4n) is 2.73. The first-order chi connectivity index (χ1) is 11.9. The second-order valence-electron chi connectivity index (χ2n) is 6.14. The van der Waals surface area contributed by atoms with Gasteiger partial charge >= 0.3 is 0 Å². The first kappa shape index (κ1) is 19.0. The lowest BCUT2D eigenvalue weighted by molar-refractivity contribution is -0.120. The molecule has 0 aliphatic rings. The number of amides is 2. The first-order valence-corrected chi connectivity index (χ1v) is 8.68. The number of aryl methyl sites for hydroxylation is 2. The number of halogens is 1. The van der Waals surface area contributed by atoms with E-state index in [1.165, 1.54) is 0 Å². The molecule has 2 aromatic carbocycles. The molecule has 0 aromatic heterocycles. The maximum absolute atomic E-state index is 12.2. The van der Waals surface area contributed by atoms with Crippen LogP contribution in [-0.4, -0.2) is 18.4 Å². The average molecular weight is 359 g/mol. The molecular weight excluding hydrogens is 336 g/mol. The van der Waals surface area contributed by atoms with Gasteiger partial charge in [-0.3, -0.25) is 9.59 Å². The van der Waals surface area contributed by atoms with E-state index in [4.69, 9.17) is 11.6 Å². The molecule has 1 atom stereocenters. The van der Waals surface area contributed by atoms with Crippen molar-refractivity contribution in [3.05, 3.63) is 69.7 Å². The minimum absolute atomic E-state index is 0.0596. The van der Waals surface area contributed by atoms with Gasteiger partial charge in [-0.25, -0.2) is 0 Å². The van der Waals surface area contributed by atoms with Crippen LogP contribution in [0.5, 0.6) is 0 Å². The Morgan fingerprint density at radius 3 is 2.20 bits per heavy atom. The van der Waals surface area contributed by atoms with E-state index in [0.717, 1.165) is 23.1 Å². The molecule has 2 aromatic rings. The lowest BCUT2D eigenvalue weighted by Crippen LogP contribution is -2.38. The van der Waals surface area contributed by atoms with E-state index in [2.05, 4.69) is 10.6 Å². The molecule has 0 saturated carbocycles. The van der Waals surface area contributed by atoms with Crippen molar-refractivity contribution in [2.75, 3.05) is 6.54 Å². The van der Waals surface area contributed by atoms with E-state index < -0.39 is 0 Å². The topological polar surface area (TPSA) is 58.2 Å². The van der Waals surface area contributed by atoms with Gasteiger partial charge in [0.15, 0.2) is 0 Å². The second kappa shape index (κ2) is 8.67. The average Bonchev–Trinajstić information content (AvgIpc) is 2.57. The van der Waals surface area contributed by atoms with E-state index in [0.29, 0.717) is 10.6 Å². The van der Waals surface area contributed by atoms with Gasteiger partial charge in [-0.2, -0.15) is 0 Å². The summed E-state index contributed by atoms with van der Waals surface area (Å²) in [6, 6.07) is 12.9. The highest BCUT2D eigenvalue weighted by Gasteiger charge is 2.14. The lowest BCUT2D eigenvalue weighted by atomic mass is 10.0. The zero-order chi connectivity index (χ0) is 18.4. The number of nitrogens with one attached hydrogen (secondary N) is 2. The van der Waals surface area contributed by atoms with Crippen LogP contribution < -0.4 is 10.6 Å². The van der Waals surface area contributed by atoms with Gasteiger partial charge in [0.2, 0.25) is 5.91 Å². The number of hydrogen-bond acceptors (Lipinski definition) is 2. The summed E-state index contributed by atoms with van der Waals surface area (Å²) in [6.07, 6.45) is 0.748. The fourth-order valence-corrected chi connectivity index (χ4v) is 2.86. The van der Waals surface area contributed by atoms with Gasteiger partial charge in [0.05, 0.1) is 12.6 Å². The van der Waals surface area contributed by atoms with Crippen molar-refractivity contribution in [1.29, 1.82) is 0 Å². The molecule has 0 fully saturated rings. The van der Waals surface area contributed by atoms with Crippen molar-refractivity contribution in [3.8, 4) is 0 Å². The van der Waals surface area contributed by atoms with E-state index in [1.54, 1.807) is 12.1 Å². The summed E-state index contributed by atoms with van der Waals surface area (Å²) in [5.74, 6) is -0.471. The number of carbonyl (C=O) groups excluding carboxylic acids is 2. The number of benzene rings is 2. The van der Waals surface area contributed by atoms with Crippen molar-refractivity contribution >= 4 is 23.4 Å². The summed E-state index contributed by atoms with van der Waals surface area (Å²) in [7, 11) is 0. The zero-order valence-electron chi connectivity index (χ0n) is 14.7. The van der Waals surface area contributed by atoms with Gasteiger partial charge in [0.25, 0.3) is 5.91 Å². The summed E-state index contributed by atoms with van der Waals surface area (Å²) in [6.45, 7) is 5.81. The van der Waals surface area contributed by atoms with Crippen LogP contribution in [0.25, 0.3) is 0 Å². The van der Waals surface area contributed by atoms with Crippen LogP contribution in [0.3, 0.4) is 0 Å². The van der Waals surface area contributed by atoms with Gasteiger partial charge in [0.1, 0.15) is 0 Å². The molecule has 2 amide bonds. The van der Waals surface area contributed by atoms with Crippen molar-refractivity contribution in [2.24, 2.45) is 0 Å². The Morgan fingerprint density at radius 2 is 1.64 bits per heavy atom. The predicted octanol–water partition coefficient (Wildman–Crippen LogP) is 3.95. The van der Waals surface area contributed by atoms with Crippen LogP contribution in [-0.2, 0) is 4.79 Å². The first-order valence-electron chi connectivity index (χ1n) is 8.30. The number of hydrogen-bond donors (Lipinski definition) is 2. The predicted molar refractivity (Wildman–Crippen MR) is 101 cm³/mol. The summed E-state index contributed by atoms with van der Waals surface area (Å²) in [5, 5.41) is 6.26. The Balaban J connectivity index is 1.92. The molecule has 0 aliphatic carbocycles. The quantitative estimate of drug-likeness (QED) is 0.821. The van der Waals surface area contributed by atoms with Crippen molar-refractivity contribution in [2.45, 2.75) is 33.2 Å². The fraction of sp³-hybridized carbons (Fsp3) is 0.300. The van der Waals surface area contributed by atoms with Crippen molar-refractivity contribution in [1.82, 2.24) is 10.6 Å². The summed E-state index contributed by atoms with van der Waals surface area (Å²) < 4.78 is 0. The van der Waals surface area contributed by atoms with Crippen LogP contribution in [0, 0.1) is 13.8 Å². The van der Waals surface area contributed by atoms with Gasteiger partial charge in [-0.15, -0.1) is 0 Å². The molecule has 0 saturated heterocycles. The van der Waals surface area contributed by atoms with Crippen molar-refractivity contribution in [3.63, 3.8) is 0 Å². The van der Waals surface area contributed by atoms with Gasteiger partial charge in [-0.05, 0) is 50.1 Å². The van der Waals surface area contributed by atoms with Crippen molar-refractivity contribution < 1.29 is 9.59 Å². The highest BCUT2D eigenvalue weighted by atomic mass is 35.5.